The molecule has 0 aliphatic heterocycles. The number of benzene rings is 1. The number of halogens is 2. The Morgan fingerprint density at radius 1 is 1.15 bits per heavy atom. The molecule has 20 heavy (non-hydrogen) atoms. The van der Waals surface area contributed by atoms with Crippen LogP contribution in [0.2, 0.25) is 0 Å². The van der Waals surface area contributed by atoms with Gasteiger partial charge in [0.05, 0.1) is 0 Å². The average Bonchev–Trinajstić information content (AvgIpc) is 2.39. The van der Waals surface area contributed by atoms with Crippen molar-refractivity contribution in [2.24, 2.45) is 0 Å². The van der Waals surface area contributed by atoms with Crippen LogP contribution in [-0.2, 0) is 6.42 Å². The fraction of sp³-hybridized carbons (Fsp3) is 0.625. The molecule has 1 rings (SSSR count). The fourth-order valence-electron chi connectivity index (χ4n) is 2.90. The Morgan fingerprint density at radius 3 is 2.05 bits per heavy atom. The Hall–Kier alpha value is -1.00. The van der Waals surface area contributed by atoms with Crippen molar-refractivity contribution in [3.63, 3.8) is 0 Å². The van der Waals surface area contributed by atoms with E-state index in [2.05, 4.69) is 37.9 Å². The molecule has 2 nitrogen and oxygen atoms in total. The quantitative estimate of drug-likeness (QED) is 0.827. The first-order valence-electron chi connectivity index (χ1n) is 7.23. The Morgan fingerprint density at radius 2 is 1.65 bits per heavy atom. The van der Waals surface area contributed by atoms with Crippen LogP contribution in [0.25, 0.3) is 0 Å². The minimum Gasteiger partial charge on any atom is -0.315 e. The Bertz CT molecular complexity index is 408. The van der Waals surface area contributed by atoms with E-state index in [0.717, 1.165) is 13.1 Å². The standard InChI is InChI=1S/C16H26F2N2/c1-6-20(7-2)16(3,4)15(19-5)11-12-13(17)9-8-10-14(12)18/h8-10,15,19H,6-7,11H2,1-5H3. The molecule has 1 unspecified atom stereocenters. The van der Waals surface area contributed by atoms with Crippen molar-refractivity contribution in [1.82, 2.24) is 10.2 Å². The van der Waals surface area contributed by atoms with E-state index >= 15 is 0 Å². The van der Waals surface area contributed by atoms with Gasteiger partial charge >= 0.3 is 0 Å². The van der Waals surface area contributed by atoms with E-state index in [1.807, 2.05) is 7.05 Å². The van der Waals surface area contributed by atoms with Crippen molar-refractivity contribution in [2.75, 3.05) is 20.1 Å². The van der Waals surface area contributed by atoms with E-state index in [1.165, 1.54) is 18.2 Å². The number of hydrogen-bond donors (Lipinski definition) is 1. The third kappa shape index (κ3) is 3.55. The van der Waals surface area contributed by atoms with Crippen molar-refractivity contribution in [2.45, 2.75) is 45.7 Å². The summed E-state index contributed by atoms with van der Waals surface area (Å²) in [6.07, 6.45) is 0.332. The van der Waals surface area contributed by atoms with E-state index in [4.69, 9.17) is 0 Å². The molecule has 4 heteroatoms. The normalized spacial score (nSPS) is 13.8. The molecule has 0 bridgehead atoms. The van der Waals surface area contributed by atoms with Gasteiger partial charge in [-0.25, -0.2) is 8.78 Å². The first kappa shape index (κ1) is 17.1. The number of hydrogen-bond acceptors (Lipinski definition) is 2. The Labute approximate surface area is 121 Å². The molecule has 0 saturated carbocycles. The zero-order valence-electron chi connectivity index (χ0n) is 13.1. The van der Waals surface area contributed by atoms with Gasteiger partial charge in [0.2, 0.25) is 0 Å². The molecule has 1 atom stereocenters. The monoisotopic (exact) mass is 284 g/mol. The van der Waals surface area contributed by atoms with Crippen LogP contribution >= 0.6 is 0 Å². The van der Waals surface area contributed by atoms with Gasteiger partial charge in [0.1, 0.15) is 11.6 Å². The van der Waals surface area contributed by atoms with E-state index in [-0.39, 0.29) is 17.1 Å². The van der Waals surface area contributed by atoms with Crippen molar-refractivity contribution < 1.29 is 8.78 Å². The summed E-state index contributed by atoms with van der Waals surface area (Å²) < 4.78 is 27.6. The maximum atomic E-state index is 13.8. The van der Waals surface area contributed by atoms with Crippen molar-refractivity contribution >= 4 is 0 Å². The second-order valence-corrected chi connectivity index (χ2v) is 5.57. The molecule has 0 aliphatic rings. The Kier molecular flexibility index (Phi) is 6.08. The van der Waals surface area contributed by atoms with E-state index in [9.17, 15) is 8.78 Å². The summed E-state index contributed by atoms with van der Waals surface area (Å²) in [4.78, 5) is 2.30. The predicted octanol–water partition coefficient (Wildman–Crippen LogP) is 3.22. The van der Waals surface area contributed by atoms with Gasteiger partial charge in [0.25, 0.3) is 0 Å². The van der Waals surface area contributed by atoms with Crippen molar-refractivity contribution in [3.8, 4) is 0 Å². The van der Waals surface area contributed by atoms with E-state index in [0.29, 0.717) is 6.42 Å². The molecule has 1 aromatic carbocycles. The summed E-state index contributed by atoms with van der Waals surface area (Å²) >= 11 is 0. The molecule has 0 aromatic heterocycles. The first-order chi connectivity index (χ1) is 9.38. The molecular weight excluding hydrogens is 258 g/mol. The highest BCUT2D eigenvalue weighted by molar-refractivity contribution is 5.21. The van der Waals surface area contributed by atoms with Crippen LogP contribution in [0.5, 0.6) is 0 Å². The van der Waals surface area contributed by atoms with E-state index in [1.54, 1.807) is 0 Å². The number of likely N-dealkylation sites (N-methyl/N-ethyl adjacent to an activating group) is 2. The van der Waals surface area contributed by atoms with E-state index < -0.39 is 11.6 Å². The highest BCUT2D eigenvalue weighted by Gasteiger charge is 2.34. The predicted molar refractivity (Wildman–Crippen MR) is 79.9 cm³/mol. The first-order valence-corrected chi connectivity index (χ1v) is 7.23. The van der Waals surface area contributed by atoms with Gasteiger partial charge in [0.15, 0.2) is 0 Å². The SMILES string of the molecule is CCN(CC)C(C)(C)C(Cc1c(F)cccc1F)NC. The van der Waals surface area contributed by atoms with Crippen LogP contribution in [-0.4, -0.2) is 36.6 Å². The van der Waals surface area contributed by atoms with Crippen LogP contribution in [0.15, 0.2) is 18.2 Å². The summed E-state index contributed by atoms with van der Waals surface area (Å²) in [5, 5.41) is 3.22. The highest BCUT2D eigenvalue weighted by atomic mass is 19.1. The molecule has 0 spiro atoms. The maximum Gasteiger partial charge on any atom is 0.129 e. The Balaban J connectivity index is 3.02. The molecule has 114 valence electrons. The third-order valence-electron chi connectivity index (χ3n) is 4.25. The number of nitrogens with one attached hydrogen (secondary N) is 1. The van der Waals surface area contributed by atoms with Gasteiger partial charge in [-0.3, -0.25) is 4.90 Å². The van der Waals surface area contributed by atoms with Gasteiger partial charge in [0, 0.05) is 17.1 Å². The molecular formula is C16H26F2N2. The largest absolute Gasteiger partial charge is 0.315 e. The summed E-state index contributed by atoms with van der Waals surface area (Å²) in [5.74, 6) is -0.943. The minimum atomic E-state index is -0.472. The lowest BCUT2D eigenvalue weighted by Gasteiger charge is -2.43. The molecule has 0 heterocycles. The molecule has 1 N–H and O–H groups in total. The van der Waals surface area contributed by atoms with Crippen LogP contribution < -0.4 is 5.32 Å². The summed E-state index contributed by atoms with van der Waals surface area (Å²) in [7, 11) is 1.84. The lowest BCUT2D eigenvalue weighted by molar-refractivity contribution is 0.0936. The van der Waals surface area contributed by atoms with Crippen LogP contribution in [0.3, 0.4) is 0 Å². The number of rotatable bonds is 7. The van der Waals surface area contributed by atoms with Crippen molar-refractivity contribution in [3.05, 3.63) is 35.4 Å². The average molecular weight is 284 g/mol. The second kappa shape index (κ2) is 7.14. The summed E-state index contributed by atoms with van der Waals surface area (Å²) in [5.41, 5.74) is -0.0282. The lowest BCUT2D eigenvalue weighted by Crippen LogP contribution is -2.57. The van der Waals surface area contributed by atoms with Crippen LogP contribution in [0, 0.1) is 11.6 Å². The topological polar surface area (TPSA) is 15.3 Å². The zero-order valence-corrected chi connectivity index (χ0v) is 13.1. The second-order valence-electron chi connectivity index (χ2n) is 5.57. The summed E-state index contributed by atoms with van der Waals surface area (Å²) in [6.45, 7) is 10.2. The zero-order chi connectivity index (χ0) is 15.3. The van der Waals surface area contributed by atoms with Gasteiger partial charge in [-0.05, 0) is 52.5 Å². The highest BCUT2D eigenvalue weighted by Crippen LogP contribution is 2.24. The molecule has 0 amide bonds. The molecule has 1 aromatic rings. The van der Waals surface area contributed by atoms with Gasteiger partial charge < -0.3 is 5.32 Å². The number of nitrogens with zero attached hydrogens (tertiary/aromatic N) is 1. The van der Waals surface area contributed by atoms with Crippen LogP contribution in [0.1, 0.15) is 33.3 Å². The maximum absolute atomic E-state index is 13.8. The molecule has 0 aliphatic carbocycles. The minimum absolute atomic E-state index is 0.0335. The van der Waals surface area contributed by atoms with Crippen LogP contribution in [0.4, 0.5) is 8.78 Å². The molecule has 0 fully saturated rings. The van der Waals surface area contributed by atoms with Gasteiger partial charge in [-0.1, -0.05) is 19.9 Å². The van der Waals surface area contributed by atoms with Gasteiger partial charge in [-0.15, -0.1) is 0 Å². The lowest BCUT2D eigenvalue weighted by atomic mass is 9.87. The fourth-order valence-corrected chi connectivity index (χ4v) is 2.90. The summed E-state index contributed by atoms with van der Waals surface area (Å²) in [6, 6.07) is 4.00. The smallest absolute Gasteiger partial charge is 0.129 e. The van der Waals surface area contributed by atoms with Gasteiger partial charge in [-0.2, -0.15) is 0 Å². The molecule has 0 radical (unpaired) electrons. The third-order valence-corrected chi connectivity index (χ3v) is 4.25. The van der Waals surface area contributed by atoms with Crippen molar-refractivity contribution in [1.29, 1.82) is 0 Å². The molecule has 0 saturated heterocycles.